The molecule has 0 atom stereocenters. The number of nitrogens with one attached hydrogen (secondary N) is 2. The van der Waals surface area contributed by atoms with E-state index in [9.17, 15) is 9.59 Å². The SMILES string of the molecule is COC(=O)c1c(NC(=O)c2ccc(N(C)C)cc2)sc2c1CC(C)(C)NC2(C)C. The first-order valence-corrected chi connectivity index (χ1v) is 10.4. The van der Waals surface area contributed by atoms with Crippen molar-refractivity contribution in [3.05, 3.63) is 45.8 Å². The fourth-order valence-electron chi connectivity index (χ4n) is 4.02. The minimum absolute atomic E-state index is 0.177. The first-order chi connectivity index (χ1) is 13.4. The molecule has 0 saturated carbocycles. The first-order valence-electron chi connectivity index (χ1n) is 9.58. The van der Waals surface area contributed by atoms with Crippen LogP contribution in [0.3, 0.4) is 0 Å². The van der Waals surface area contributed by atoms with Crippen molar-refractivity contribution in [1.29, 1.82) is 0 Å². The normalized spacial score (nSPS) is 16.7. The maximum Gasteiger partial charge on any atom is 0.341 e. The van der Waals surface area contributed by atoms with E-state index in [4.69, 9.17) is 4.74 Å². The molecule has 1 aliphatic rings. The number of esters is 1. The van der Waals surface area contributed by atoms with Crippen LogP contribution in [0.4, 0.5) is 10.7 Å². The number of hydrogen-bond acceptors (Lipinski definition) is 6. The van der Waals surface area contributed by atoms with E-state index < -0.39 is 5.97 Å². The van der Waals surface area contributed by atoms with Crippen LogP contribution in [-0.4, -0.2) is 38.6 Å². The van der Waals surface area contributed by atoms with E-state index >= 15 is 0 Å². The third-order valence-corrected chi connectivity index (χ3v) is 6.58. The van der Waals surface area contributed by atoms with Gasteiger partial charge in [-0.3, -0.25) is 4.79 Å². The van der Waals surface area contributed by atoms with Gasteiger partial charge in [0.05, 0.1) is 12.7 Å². The van der Waals surface area contributed by atoms with Gasteiger partial charge >= 0.3 is 5.97 Å². The van der Waals surface area contributed by atoms with E-state index in [0.29, 0.717) is 22.5 Å². The molecule has 3 rings (SSSR count). The molecule has 1 amide bonds. The topological polar surface area (TPSA) is 70.7 Å². The number of carbonyl (C=O) groups excluding carboxylic acids is 2. The predicted octanol–water partition coefficient (Wildman–Crippen LogP) is 4.01. The smallest absolute Gasteiger partial charge is 0.341 e. The van der Waals surface area contributed by atoms with Crippen molar-refractivity contribution in [2.45, 2.75) is 45.2 Å². The number of fused-ring (bicyclic) bond motifs is 1. The molecule has 0 bridgehead atoms. The van der Waals surface area contributed by atoms with Crippen LogP contribution in [-0.2, 0) is 16.7 Å². The van der Waals surface area contributed by atoms with Crippen LogP contribution in [0.1, 0.15) is 58.9 Å². The van der Waals surface area contributed by atoms with Crippen LogP contribution >= 0.6 is 11.3 Å². The van der Waals surface area contributed by atoms with Crippen LogP contribution < -0.4 is 15.5 Å². The summed E-state index contributed by atoms with van der Waals surface area (Å²) in [6.07, 6.45) is 0.681. The number of carbonyl (C=O) groups is 2. The summed E-state index contributed by atoms with van der Waals surface area (Å²) < 4.78 is 5.06. The lowest BCUT2D eigenvalue weighted by atomic mass is 9.81. The zero-order valence-corrected chi connectivity index (χ0v) is 18.9. The number of nitrogens with zero attached hydrogens (tertiary/aromatic N) is 1. The summed E-state index contributed by atoms with van der Waals surface area (Å²) in [4.78, 5) is 28.5. The van der Waals surface area contributed by atoms with Gasteiger partial charge in [-0.25, -0.2) is 4.79 Å². The average molecular weight is 416 g/mol. The Morgan fingerprint density at radius 2 is 1.76 bits per heavy atom. The molecule has 0 aliphatic carbocycles. The van der Waals surface area contributed by atoms with Crippen LogP contribution in [0.25, 0.3) is 0 Å². The van der Waals surface area contributed by atoms with Gasteiger partial charge in [-0.15, -0.1) is 11.3 Å². The Labute approximate surface area is 176 Å². The summed E-state index contributed by atoms with van der Waals surface area (Å²) in [5.41, 5.74) is 2.47. The molecule has 0 radical (unpaired) electrons. The highest BCUT2D eigenvalue weighted by Crippen LogP contribution is 2.45. The standard InChI is InChI=1S/C22H29N3O3S/c1-21(2)12-15-16(20(27)28-7)19(29-17(15)22(3,4)24-21)23-18(26)13-8-10-14(11-9-13)25(5)6/h8-11,24H,12H2,1-7H3,(H,23,26). The number of amides is 1. The van der Waals surface area contributed by atoms with Crippen molar-refractivity contribution < 1.29 is 14.3 Å². The molecule has 29 heavy (non-hydrogen) atoms. The highest BCUT2D eigenvalue weighted by molar-refractivity contribution is 7.17. The second-order valence-corrected chi connectivity index (χ2v) is 9.83. The van der Waals surface area contributed by atoms with E-state index in [1.807, 2.05) is 31.1 Å². The molecule has 2 heterocycles. The monoisotopic (exact) mass is 415 g/mol. The Kier molecular flexibility index (Phi) is 5.49. The molecule has 0 spiro atoms. The van der Waals surface area contributed by atoms with Gasteiger partial charge in [-0.1, -0.05) is 0 Å². The van der Waals surface area contributed by atoms with E-state index in [2.05, 4.69) is 38.3 Å². The second-order valence-electron chi connectivity index (χ2n) is 8.81. The molecule has 1 aliphatic heterocycles. The highest BCUT2D eigenvalue weighted by atomic mass is 32.1. The lowest BCUT2D eigenvalue weighted by Gasteiger charge is -2.42. The number of hydrogen-bond donors (Lipinski definition) is 2. The largest absolute Gasteiger partial charge is 0.465 e. The summed E-state index contributed by atoms with van der Waals surface area (Å²) in [6.45, 7) is 8.41. The third-order valence-electron chi connectivity index (χ3n) is 5.11. The molecular weight excluding hydrogens is 386 g/mol. The van der Waals surface area contributed by atoms with Crippen LogP contribution in [0.15, 0.2) is 24.3 Å². The summed E-state index contributed by atoms with van der Waals surface area (Å²) in [6, 6.07) is 7.35. The lowest BCUT2D eigenvalue weighted by Crippen LogP contribution is -2.55. The van der Waals surface area contributed by atoms with E-state index in [1.54, 1.807) is 12.1 Å². The van der Waals surface area contributed by atoms with Crippen molar-refractivity contribution in [2.24, 2.45) is 0 Å². The molecule has 0 fully saturated rings. The van der Waals surface area contributed by atoms with Crippen molar-refractivity contribution in [1.82, 2.24) is 5.32 Å². The Hall–Kier alpha value is -2.38. The van der Waals surface area contributed by atoms with E-state index in [-0.39, 0.29) is 17.0 Å². The molecule has 6 nitrogen and oxygen atoms in total. The van der Waals surface area contributed by atoms with E-state index in [0.717, 1.165) is 16.1 Å². The van der Waals surface area contributed by atoms with Crippen molar-refractivity contribution in [3.63, 3.8) is 0 Å². The summed E-state index contributed by atoms with van der Waals surface area (Å²) in [7, 11) is 5.27. The van der Waals surface area contributed by atoms with Crippen molar-refractivity contribution in [2.75, 3.05) is 31.4 Å². The fourth-order valence-corrected chi connectivity index (χ4v) is 5.28. The summed E-state index contributed by atoms with van der Waals surface area (Å²) in [5, 5.41) is 7.12. The molecule has 2 N–H and O–H groups in total. The molecular formula is C22H29N3O3S. The Morgan fingerprint density at radius 3 is 2.31 bits per heavy atom. The number of methoxy groups -OCH3 is 1. The number of ether oxygens (including phenoxy) is 1. The van der Waals surface area contributed by atoms with Crippen molar-refractivity contribution >= 4 is 33.9 Å². The summed E-state index contributed by atoms with van der Waals surface area (Å²) >= 11 is 1.44. The molecule has 1 aromatic heterocycles. The van der Waals surface area contributed by atoms with Gasteiger partial charge in [0.2, 0.25) is 0 Å². The summed E-state index contributed by atoms with van der Waals surface area (Å²) in [5.74, 6) is -0.668. The highest BCUT2D eigenvalue weighted by Gasteiger charge is 2.42. The Morgan fingerprint density at radius 1 is 1.14 bits per heavy atom. The van der Waals surface area contributed by atoms with Crippen LogP contribution in [0, 0.1) is 0 Å². The van der Waals surface area contributed by atoms with Gasteiger partial charge < -0.3 is 20.3 Å². The minimum Gasteiger partial charge on any atom is -0.465 e. The molecule has 2 aromatic rings. The molecule has 0 saturated heterocycles. The van der Waals surface area contributed by atoms with Gasteiger partial charge in [0, 0.05) is 41.3 Å². The molecule has 156 valence electrons. The zero-order valence-electron chi connectivity index (χ0n) is 18.1. The average Bonchev–Trinajstić information content (AvgIpc) is 2.98. The van der Waals surface area contributed by atoms with Gasteiger partial charge in [0.15, 0.2) is 0 Å². The number of thiophene rings is 1. The predicted molar refractivity (Wildman–Crippen MR) is 118 cm³/mol. The number of benzene rings is 1. The Balaban J connectivity index is 2.00. The zero-order chi connectivity index (χ0) is 21.6. The number of anilines is 2. The third kappa shape index (κ3) is 4.16. The Bertz CT molecular complexity index is 943. The van der Waals surface area contributed by atoms with Crippen LogP contribution in [0.5, 0.6) is 0 Å². The minimum atomic E-state index is -0.422. The van der Waals surface area contributed by atoms with Gasteiger partial charge in [0.1, 0.15) is 5.00 Å². The lowest BCUT2D eigenvalue weighted by molar-refractivity contribution is 0.0600. The quantitative estimate of drug-likeness (QED) is 0.739. The molecule has 0 unspecified atom stereocenters. The van der Waals surface area contributed by atoms with Crippen LogP contribution in [0.2, 0.25) is 0 Å². The molecule has 1 aromatic carbocycles. The maximum atomic E-state index is 12.9. The van der Waals surface area contributed by atoms with Gasteiger partial charge in [-0.05, 0) is 63.9 Å². The molecule has 7 heteroatoms. The number of rotatable bonds is 4. The van der Waals surface area contributed by atoms with Gasteiger partial charge in [-0.2, -0.15) is 0 Å². The second kappa shape index (κ2) is 7.46. The van der Waals surface area contributed by atoms with Crippen molar-refractivity contribution in [3.8, 4) is 0 Å². The first kappa shape index (κ1) is 21.3. The fraction of sp³-hybridized carbons (Fsp3) is 0.455. The maximum absolute atomic E-state index is 12.9. The van der Waals surface area contributed by atoms with Gasteiger partial charge in [0.25, 0.3) is 5.91 Å². The van der Waals surface area contributed by atoms with E-state index in [1.165, 1.54) is 18.4 Å².